The third-order valence-corrected chi connectivity index (χ3v) is 8.44. The van der Waals surface area contributed by atoms with Crippen LogP contribution in [0.3, 0.4) is 0 Å². The van der Waals surface area contributed by atoms with Crippen molar-refractivity contribution in [2.75, 3.05) is 18.0 Å². The van der Waals surface area contributed by atoms with Crippen molar-refractivity contribution in [3.63, 3.8) is 0 Å². The van der Waals surface area contributed by atoms with Crippen molar-refractivity contribution in [1.29, 1.82) is 0 Å². The second-order valence-electron chi connectivity index (χ2n) is 9.64. The van der Waals surface area contributed by atoms with Crippen molar-refractivity contribution in [3.8, 4) is 5.75 Å². The Morgan fingerprint density at radius 3 is 2.30 bits per heavy atom. The van der Waals surface area contributed by atoms with Gasteiger partial charge in [0.1, 0.15) is 24.2 Å². The zero-order valence-electron chi connectivity index (χ0n) is 23.4. The van der Waals surface area contributed by atoms with Gasteiger partial charge in [-0.15, -0.1) is 0 Å². The molecule has 0 saturated carbocycles. The molecule has 3 rings (SSSR count). The van der Waals surface area contributed by atoms with Crippen LogP contribution < -0.4 is 14.4 Å². The Morgan fingerprint density at radius 2 is 1.68 bits per heavy atom. The van der Waals surface area contributed by atoms with Crippen molar-refractivity contribution in [3.05, 3.63) is 89.7 Å². The number of sulfonamides is 1. The van der Waals surface area contributed by atoms with Crippen LogP contribution in [0.4, 0.5) is 10.1 Å². The van der Waals surface area contributed by atoms with Crippen molar-refractivity contribution >= 4 is 27.5 Å². The van der Waals surface area contributed by atoms with E-state index in [0.29, 0.717) is 17.7 Å². The van der Waals surface area contributed by atoms with Gasteiger partial charge in [-0.05, 0) is 69.2 Å². The number of carbonyl (C=O) groups excluding carboxylic acids is 2. The monoisotopic (exact) mass is 569 g/mol. The van der Waals surface area contributed by atoms with E-state index in [1.54, 1.807) is 43.3 Å². The van der Waals surface area contributed by atoms with Gasteiger partial charge in [0.25, 0.3) is 10.0 Å². The van der Waals surface area contributed by atoms with Crippen LogP contribution in [-0.4, -0.2) is 50.9 Å². The number of methoxy groups -OCH3 is 1. The molecule has 0 heterocycles. The zero-order chi connectivity index (χ0) is 29.4. The lowest BCUT2D eigenvalue weighted by molar-refractivity contribution is -0.139. The Labute approximate surface area is 235 Å². The summed E-state index contributed by atoms with van der Waals surface area (Å²) in [6.45, 7) is 6.46. The van der Waals surface area contributed by atoms with E-state index < -0.39 is 34.3 Å². The van der Waals surface area contributed by atoms with E-state index in [1.165, 1.54) is 42.3 Å². The maximum absolute atomic E-state index is 15.0. The molecule has 40 heavy (non-hydrogen) atoms. The highest BCUT2D eigenvalue weighted by Crippen LogP contribution is 2.27. The van der Waals surface area contributed by atoms with E-state index in [2.05, 4.69) is 5.32 Å². The molecule has 1 N–H and O–H groups in total. The Morgan fingerprint density at radius 1 is 1.00 bits per heavy atom. The number of halogens is 1. The number of nitrogens with zero attached hydrogens (tertiary/aromatic N) is 2. The summed E-state index contributed by atoms with van der Waals surface area (Å²) in [5.74, 6) is -1.29. The number of anilines is 1. The molecule has 0 aromatic heterocycles. The summed E-state index contributed by atoms with van der Waals surface area (Å²) >= 11 is 0. The number of ether oxygens (including phenoxy) is 1. The Balaban J connectivity index is 2.04. The molecular weight excluding hydrogens is 533 g/mol. The van der Waals surface area contributed by atoms with Gasteiger partial charge in [-0.2, -0.15) is 0 Å². The highest BCUT2D eigenvalue weighted by atomic mass is 32.2. The largest absolute Gasteiger partial charge is 0.497 e. The predicted octanol–water partition coefficient (Wildman–Crippen LogP) is 4.67. The van der Waals surface area contributed by atoms with Crippen LogP contribution in [-0.2, 0) is 26.2 Å². The van der Waals surface area contributed by atoms with Crippen LogP contribution in [0.1, 0.15) is 38.3 Å². The van der Waals surface area contributed by atoms with Gasteiger partial charge in [0, 0.05) is 12.6 Å². The molecule has 2 unspecified atom stereocenters. The Hall–Kier alpha value is -3.92. The van der Waals surface area contributed by atoms with Crippen molar-refractivity contribution in [2.24, 2.45) is 0 Å². The normalized spacial score (nSPS) is 12.8. The predicted molar refractivity (Wildman–Crippen MR) is 153 cm³/mol. The lowest BCUT2D eigenvalue weighted by Gasteiger charge is -2.32. The number of benzene rings is 3. The minimum Gasteiger partial charge on any atom is -0.497 e. The fraction of sp³-hybridized carbons (Fsp3) is 0.333. The second kappa shape index (κ2) is 13.4. The van der Waals surface area contributed by atoms with Gasteiger partial charge in [-0.1, -0.05) is 48.9 Å². The first-order valence-corrected chi connectivity index (χ1v) is 14.5. The van der Waals surface area contributed by atoms with Crippen LogP contribution in [0, 0.1) is 12.7 Å². The van der Waals surface area contributed by atoms with Crippen LogP contribution in [0.15, 0.2) is 77.7 Å². The molecule has 10 heteroatoms. The second-order valence-corrected chi connectivity index (χ2v) is 11.5. The van der Waals surface area contributed by atoms with Gasteiger partial charge in [0.2, 0.25) is 11.8 Å². The number of aryl methyl sites for hydroxylation is 1. The van der Waals surface area contributed by atoms with Crippen LogP contribution in [0.5, 0.6) is 5.75 Å². The first kappa shape index (κ1) is 30.6. The van der Waals surface area contributed by atoms with Crippen molar-refractivity contribution in [1.82, 2.24) is 10.2 Å². The van der Waals surface area contributed by atoms with Gasteiger partial charge >= 0.3 is 0 Å². The number of para-hydroxylation sites is 1. The van der Waals surface area contributed by atoms with Crippen LogP contribution in [0.2, 0.25) is 0 Å². The Kier molecular flexibility index (Phi) is 10.3. The molecule has 214 valence electrons. The molecule has 0 aliphatic carbocycles. The number of nitrogens with one attached hydrogen (secondary N) is 1. The number of hydrogen-bond acceptors (Lipinski definition) is 5. The summed E-state index contributed by atoms with van der Waals surface area (Å²) in [6, 6.07) is 17.4. The lowest BCUT2D eigenvalue weighted by atomic mass is 10.1. The van der Waals surface area contributed by atoms with Crippen LogP contribution in [0.25, 0.3) is 0 Å². The molecule has 8 nitrogen and oxygen atoms in total. The molecule has 3 aromatic rings. The van der Waals surface area contributed by atoms with E-state index in [4.69, 9.17) is 4.74 Å². The average Bonchev–Trinajstić information content (AvgIpc) is 2.94. The molecule has 2 atom stereocenters. The minimum atomic E-state index is -4.35. The summed E-state index contributed by atoms with van der Waals surface area (Å²) in [5, 5.41) is 2.88. The molecule has 0 aliphatic heterocycles. The van der Waals surface area contributed by atoms with E-state index in [-0.39, 0.29) is 29.1 Å². The SMILES string of the molecule is CCC(C)NC(=O)C(C)N(Cc1cccc(OC)c1)C(=O)CN(c1ccccc1F)S(=O)(=O)c1ccc(C)cc1. The highest BCUT2D eigenvalue weighted by Gasteiger charge is 2.33. The first-order chi connectivity index (χ1) is 19.0. The Bertz CT molecular complexity index is 1430. The number of carbonyl (C=O) groups is 2. The molecule has 0 saturated heterocycles. The first-order valence-electron chi connectivity index (χ1n) is 13.0. The van der Waals surface area contributed by atoms with Crippen molar-refractivity contribution in [2.45, 2.75) is 57.6 Å². The van der Waals surface area contributed by atoms with Gasteiger partial charge in [-0.25, -0.2) is 12.8 Å². The van der Waals surface area contributed by atoms with Gasteiger partial charge < -0.3 is 15.0 Å². The molecule has 0 aliphatic rings. The topological polar surface area (TPSA) is 96.0 Å². The minimum absolute atomic E-state index is 0.000811. The van der Waals surface area contributed by atoms with E-state index in [9.17, 15) is 22.4 Å². The molecule has 2 amide bonds. The quantitative estimate of drug-likeness (QED) is 0.342. The smallest absolute Gasteiger partial charge is 0.264 e. The van der Waals surface area contributed by atoms with Crippen molar-refractivity contribution < 1.29 is 27.1 Å². The van der Waals surface area contributed by atoms with Gasteiger partial charge in [0.05, 0.1) is 17.7 Å². The van der Waals surface area contributed by atoms with Gasteiger partial charge in [0.15, 0.2) is 0 Å². The lowest BCUT2D eigenvalue weighted by Crippen LogP contribution is -2.52. The number of hydrogen-bond donors (Lipinski definition) is 1. The van der Waals surface area contributed by atoms with Crippen LogP contribution >= 0.6 is 0 Å². The summed E-state index contributed by atoms with van der Waals surface area (Å²) in [7, 11) is -2.83. The molecule has 3 aromatic carbocycles. The van der Waals surface area contributed by atoms with E-state index in [1.807, 2.05) is 20.8 Å². The maximum Gasteiger partial charge on any atom is 0.264 e. The third kappa shape index (κ3) is 7.38. The maximum atomic E-state index is 15.0. The van der Waals surface area contributed by atoms with E-state index in [0.717, 1.165) is 15.9 Å². The summed E-state index contributed by atoms with van der Waals surface area (Å²) in [6.07, 6.45) is 0.693. The third-order valence-electron chi connectivity index (χ3n) is 6.66. The molecule has 0 bridgehead atoms. The number of amides is 2. The summed E-state index contributed by atoms with van der Waals surface area (Å²) < 4.78 is 48.6. The highest BCUT2D eigenvalue weighted by molar-refractivity contribution is 7.92. The zero-order valence-corrected chi connectivity index (χ0v) is 24.2. The van der Waals surface area contributed by atoms with E-state index >= 15 is 0 Å². The fourth-order valence-corrected chi connectivity index (χ4v) is 5.44. The fourth-order valence-electron chi connectivity index (χ4n) is 4.02. The number of rotatable bonds is 12. The molecule has 0 fully saturated rings. The standard InChI is InChI=1S/C30H36FN3O5S/c1-6-22(3)32-30(36)23(4)33(19-24-10-9-11-25(18-24)39-5)29(35)20-34(28-13-8-7-12-27(28)31)40(37,38)26-16-14-21(2)15-17-26/h7-18,22-23H,6,19-20H2,1-5H3,(H,32,36). The molecule has 0 spiro atoms. The summed E-state index contributed by atoms with van der Waals surface area (Å²) in [5.41, 5.74) is 1.25. The van der Waals surface area contributed by atoms with Gasteiger partial charge in [-0.3, -0.25) is 13.9 Å². The summed E-state index contributed by atoms with van der Waals surface area (Å²) in [4.78, 5) is 28.2. The molecule has 0 radical (unpaired) electrons. The molecular formula is C30H36FN3O5S. The average molecular weight is 570 g/mol.